The number of aromatic nitrogens is 1. The predicted molar refractivity (Wildman–Crippen MR) is 67.2 cm³/mol. The van der Waals surface area contributed by atoms with E-state index >= 15 is 0 Å². The first-order valence-corrected chi connectivity index (χ1v) is 5.73. The number of carbonyl (C=O) groups is 1. The molecule has 0 saturated carbocycles. The first-order valence-electron chi connectivity index (χ1n) is 5.73. The minimum Gasteiger partial charge on any atom is -0.383 e. The van der Waals surface area contributed by atoms with Gasteiger partial charge in [0, 0.05) is 25.1 Å². The number of carbonyl (C=O) groups excluding carboxylic acids is 1. The lowest BCUT2D eigenvalue weighted by atomic mass is 10.0. The normalized spacial score (nSPS) is 20.9. The Morgan fingerprint density at radius 1 is 1.56 bits per heavy atom. The number of methoxy groups -OCH3 is 1. The van der Waals surface area contributed by atoms with Crippen LogP contribution in [0.3, 0.4) is 0 Å². The van der Waals surface area contributed by atoms with Crippen LogP contribution >= 0.6 is 0 Å². The summed E-state index contributed by atoms with van der Waals surface area (Å²) in [6.45, 7) is 2.99. The highest BCUT2D eigenvalue weighted by atomic mass is 16.5. The third kappa shape index (κ3) is 2.65. The molecule has 1 unspecified atom stereocenters. The topological polar surface area (TPSA) is 75.6 Å². The van der Waals surface area contributed by atoms with E-state index in [0.29, 0.717) is 19.1 Å². The van der Waals surface area contributed by atoms with E-state index < -0.39 is 6.04 Å². The Balaban J connectivity index is 2.10. The molecule has 1 aromatic heterocycles. The van der Waals surface area contributed by atoms with Crippen molar-refractivity contribution in [3.63, 3.8) is 0 Å². The zero-order chi connectivity index (χ0) is 13.0. The van der Waals surface area contributed by atoms with Crippen LogP contribution in [0.25, 0.3) is 0 Å². The molecule has 1 atom stereocenters. The smallest absolute Gasteiger partial charge is 0.253 e. The maximum Gasteiger partial charge on any atom is 0.253 e. The van der Waals surface area contributed by atoms with Crippen molar-refractivity contribution >= 4 is 11.9 Å². The first-order chi connectivity index (χ1) is 8.72. The lowest BCUT2D eigenvalue weighted by Crippen LogP contribution is -2.26. The summed E-state index contributed by atoms with van der Waals surface area (Å²) in [6.07, 6.45) is 3.41. The summed E-state index contributed by atoms with van der Waals surface area (Å²) in [4.78, 5) is 20.1. The number of nitrogens with zero attached hydrogens (tertiary/aromatic N) is 2. The summed E-state index contributed by atoms with van der Waals surface area (Å²) in [5.41, 5.74) is 1.89. The summed E-state index contributed by atoms with van der Waals surface area (Å²) in [5, 5.41) is 5.76. The van der Waals surface area contributed by atoms with Crippen LogP contribution in [0.5, 0.6) is 0 Å². The average molecular weight is 248 g/mol. The van der Waals surface area contributed by atoms with Crippen LogP contribution in [0.4, 0.5) is 0 Å². The number of pyridine rings is 1. The zero-order valence-corrected chi connectivity index (χ0v) is 10.4. The van der Waals surface area contributed by atoms with Gasteiger partial charge in [0.1, 0.15) is 6.04 Å². The van der Waals surface area contributed by atoms with E-state index in [1.54, 1.807) is 19.5 Å². The van der Waals surface area contributed by atoms with Crippen molar-refractivity contribution in [3.05, 3.63) is 29.6 Å². The van der Waals surface area contributed by atoms with Crippen LogP contribution < -0.4 is 10.6 Å². The highest BCUT2D eigenvalue weighted by Crippen LogP contribution is 2.18. The van der Waals surface area contributed by atoms with Crippen molar-refractivity contribution < 1.29 is 9.53 Å². The SMILES string of the molecule is COCCN=C1NC(=O)C(c2cnccc2C)N1. The number of aryl methyl sites for hydroxylation is 1. The fraction of sp³-hybridized carbons (Fsp3) is 0.417. The highest BCUT2D eigenvalue weighted by Gasteiger charge is 2.30. The standard InChI is InChI=1S/C12H16N4O2/c1-8-3-4-13-7-9(8)10-11(17)16-12(15-10)14-5-6-18-2/h3-4,7,10H,5-6H2,1-2H3,(H2,14,15,16,17). The van der Waals surface area contributed by atoms with Crippen molar-refractivity contribution in [1.82, 2.24) is 15.6 Å². The number of hydrogen-bond donors (Lipinski definition) is 2. The second-order valence-corrected chi connectivity index (χ2v) is 4.02. The lowest BCUT2D eigenvalue weighted by Gasteiger charge is -2.10. The van der Waals surface area contributed by atoms with Crippen LogP contribution in [0.1, 0.15) is 17.2 Å². The highest BCUT2D eigenvalue weighted by molar-refractivity contribution is 6.06. The number of amides is 1. The molecule has 18 heavy (non-hydrogen) atoms. The fourth-order valence-electron chi connectivity index (χ4n) is 1.76. The van der Waals surface area contributed by atoms with Gasteiger partial charge in [0.15, 0.2) is 5.96 Å². The molecule has 2 rings (SSSR count). The molecule has 1 aliphatic heterocycles. The molecule has 0 spiro atoms. The molecular weight excluding hydrogens is 232 g/mol. The van der Waals surface area contributed by atoms with Gasteiger partial charge in [-0.05, 0) is 18.6 Å². The van der Waals surface area contributed by atoms with Gasteiger partial charge in [0.25, 0.3) is 5.91 Å². The van der Waals surface area contributed by atoms with Gasteiger partial charge in [0.2, 0.25) is 0 Å². The number of nitrogens with one attached hydrogen (secondary N) is 2. The van der Waals surface area contributed by atoms with E-state index in [1.807, 2.05) is 13.0 Å². The Morgan fingerprint density at radius 2 is 2.39 bits per heavy atom. The molecule has 0 radical (unpaired) electrons. The molecule has 1 saturated heterocycles. The van der Waals surface area contributed by atoms with Crippen LogP contribution in [0.2, 0.25) is 0 Å². The molecule has 2 heterocycles. The molecule has 1 aliphatic rings. The van der Waals surface area contributed by atoms with E-state index in [-0.39, 0.29) is 5.91 Å². The lowest BCUT2D eigenvalue weighted by molar-refractivity contribution is -0.120. The zero-order valence-electron chi connectivity index (χ0n) is 10.4. The van der Waals surface area contributed by atoms with Crippen molar-refractivity contribution in [2.24, 2.45) is 4.99 Å². The molecule has 1 fully saturated rings. The quantitative estimate of drug-likeness (QED) is 0.744. The molecule has 0 bridgehead atoms. The van der Waals surface area contributed by atoms with Gasteiger partial charge in [-0.15, -0.1) is 0 Å². The summed E-state index contributed by atoms with van der Waals surface area (Å²) < 4.78 is 4.90. The number of rotatable bonds is 4. The molecule has 6 nitrogen and oxygen atoms in total. The number of guanidine groups is 1. The maximum atomic E-state index is 11.9. The van der Waals surface area contributed by atoms with Crippen molar-refractivity contribution in [3.8, 4) is 0 Å². The summed E-state index contributed by atoms with van der Waals surface area (Å²) in [6, 6.07) is 1.46. The third-order valence-electron chi connectivity index (χ3n) is 2.74. The van der Waals surface area contributed by atoms with E-state index in [2.05, 4.69) is 20.6 Å². The van der Waals surface area contributed by atoms with Crippen LogP contribution in [-0.2, 0) is 9.53 Å². The predicted octanol–water partition coefficient (Wildman–Crippen LogP) is 0.153. The number of ether oxygens (including phenoxy) is 1. The third-order valence-corrected chi connectivity index (χ3v) is 2.74. The molecule has 2 N–H and O–H groups in total. The van der Waals surface area contributed by atoms with Gasteiger partial charge >= 0.3 is 0 Å². The Hall–Kier alpha value is -1.95. The Labute approximate surface area is 105 Å². The van der Waals surface area contributed by atoms with Crippen LogP contribution in [-0.4, -0.2) is 37.1 Å². The molecular formula is C12H16N4O2. The molecule has 1 aromatic rings. The summed E-state index contributed by atoms with van der Waals surface area (Å²) >= 11 is 0. The molecule has 0 aliphatic carbocycles. The van der Waals surface area contributed by atoms with Gasteiger partial charge in [-0.2, -0.15) is 0 Å². The second-order valence-electron chi connectivity index (χ2n) is 4.02. The Bertz CT molecular complexity index is 473. The van der Waals surface area contributed by atoms with Crippen molar-refractivity contribution in [2.45, 2.75) is 13.0 Å². The van der Waals surface area contributed by atoms with Gasteiger partial charge in [0.05, 0.1) is 13.2 Å². The minimum atomic E-state index is -0.417. The van der Waals surface area contributed by atoms with Gasteiger partial charge in [-0.3, -0.25) is 20.1 Å². The van der Waals surface area contributed by atoms with E-state index in [1.165, 1.54) is 0 Å². The average Bonchev–Trinajstić information content (AvgIpc) is 2.71. The van der Waals surface area contributed by atoms with Gasteiger partial charge in [-0.1, -0.05) is 0 Å². The van der Waals surface area contributed by atoms with E-state index in [4.69, 9.17) is 4.74 Å². The second kappa shape index (κ2) is 5.59. The van der Waals surface area contributed by atoms with E-state index in [0.717, 1.165) is 11.1 Å². The number of hydrogen-bond acceptors (Lipinski definition) is 4. The molecule has 1 amide bonds. The largest absolute Gasteiger partial charge is 0.383 e. The van der Waals surface area contributed by atoms with Gasteiger partial charge < -0.3 is 10.1 Å². The monoisotopic (exact) mass is 248 g/mol. The first kappa shape index (κ1) is 12.5. The Kier molecular flexibility index (Phi) is 3.88. The molecule has 0 aromatic carbocycles. The molecule has 6 heteroatoms. The summed E-state index contributed by atoms with van der Waals surface area (Å²) in [7, 11) is 1.61. The minimum absolute atomic E-state index is 0.109. The van der Waals surface area contributed by atoms with Gasteiger partial charge in [-0.25, -0.2) is 0 Å². The fourth-order valence-corrected chi connectivity index (χ4v) is 1.76. The number of aliphatic imine (C=N–C) groups is 1. The van der Waals surface area contributed by atoms with Crippen molar-refractivity contribution in [2.75, 3.05) is 20.3 Å². The van der Waals surface area contributed by atoms with Crippen molar-refractivity contribution in [1.29, 1.82) is 0 Å². The maximum absolute atomic E-state index is 11.9. The molecule has 96 valence electrons. The van der Waals surface area contributed by atoms with Crippen LogP contribution in [0, 0.1) is 6.92 Å². The van der Waals surface area contributed by atoms with Crippen LogP contribution in [0.15, 0.2) is 23.5 Å². The summed E-state index contributed by atoms with van der Waals surface area (Å²) in [5.74, 6) is 0.382. The Morgan fingerprint density at radius 3 is 3.11 bits per heavy atom. The van der Waals surface area contributed by atoms with E-state index in [9.17, 15) is 4.79 Å².